The Balaban J connectivity index is 3.88. The molecule has 13 heavy (non-hydrogen) atoms. The molecule has 0 rings (SSSR count). The van der Waals surface area contributed by atoms with Crippen LogP contribution in [0.15, 0.2) is 49.1 Å². The van der Waals surface area contributed by atoms with Gasteiger partial charge < -0.3 is 0 Å². The van der Waals surface area contributed by atoms with Crippen LogP contribution in [0.2, 0.25) is 0 Å². The fraction of sp³-hybridized carbons (Fsp3) is 0.0769. The van der Waals surface area contributed by atoms with Crippen LogP contribution < -0.4 is 0 Å². The maximum atomic E-state index is 3.54. The molecule has 0 aromatic rings. The highest BCUT2D eigenvalue weighted by atomic mass is 13.6. The maximum Gasteiger partial charge on any atom is -0.0102 e. The molecular weight excluding hydrogens is 156 g/mol. The van der Waals surface area contributed by atoms with Gasteiger partial charge in [-0.1, -0.05) is 48.8 Å². The van der Waals surface area contributed by atoms with Gasteiger partial charge in [0.2, 0.25) is 0 Å². The zero-order valence-electron chi connectivity index (χ0n) is 7.75. The third-order valence-electron chi connectivity index (χ3n) is 0.995. The van der Waals surface area contributed by atoms with Gasteiger partial charge in [-0.2, -0.15) is 0 Å². The summed E-state index contributed by atoms with van der Waals surface area (Å²) in [6, 6.07) is 0. The van der Waals surface area contributed by atoms with E-state index in [1.54, 1.807) is 18.2 Å². The quantitative estimate of drug-likeness (QED) is 0.439. The Kier molecular flexibility index (Phi) is 8.59. The highest BCUT2D eigenvalue weighted by molar-refractivity contribution is 5.34. The van der Waals surface area contributed by atoms with Crippen molar-refractivity contribution in [3.05, 3.63) is 49.1 Å². The molecule has 0 radical (unpaired) electrons. The van der Waals surface area contributed by atoms with E-state index in [0.717, 1.165) is 0 Å². The molecule has 0 aromatic heterocycles. The molecule has 0 unspecified atom stereocenters. The second kappa shape index (κ2) is 10.1. The van der Waals surface area contributed by atoms with Gasteiger partial charge in [0.25, 0.3) is 0 Å². The lowest BCUT2D eigenvalue weighted by molar-refractivity contribution is 1.76. The zero-order chi connectivity index (χ0) is 9.78. The van der Waals surface area contributed by atoms with Crippen molar-refractivity contribution in [1.29, 1.82) is 0 Å². The van der Waals surface area contributed by atoms with Crippen molar-refractivity contribution >= 4 is 0 Å². The van der Waals surface area contributed by atoms with Crippen LogP contribution in [0.4, 0.5) is 0 Å². The van der Waals surface area contributed by atoms with Crippen LogP contribution in [0.3, 0.4) is 0 Å². The average molecular weight is 168 g/mol. The molecule has 0 atom stereocenters. The molecule has 0 bridgehead atoms. The highest BCUT2D eigenvalue weighted by Gasteiger charge is 1.58. The maximum absolute atomic E-state index is 3.54. The van der Waals surface area contributed by atoms with Gasteiger partial charge in [-0.15, -0.1) is 0 Å². The van der Waals surface area contributed by atoms with E-state index in [1.807, 2.05) is 31.2 Å². The van der Waals surface area contributed by atoms with Gasteiger partial charge in [0.05, 0.1) is 0 Å². The summed E-state index contributed by atoms with van der Waals surface area (Å²) in [4.78, 5) is 0. The molecule has 64 valence electrons. The van der Waals surface area contributed by atoms with Crippen molar-refractivity contribution < 1.29 is 0 Å². The molecule has 0 heteroatoms. The number of hydrogen-bond donors (Lipinski definition) is 0. The topological polar surface area (TPSA) is 0 Å². The molecule has 0 saturated carbocycles. The highest BCUT2D eigenvalue weighted by Crippen LogP contribution is 1.75. The van der Waals surface area contributed by atoms with Crippen LogP contribution in [0.1, 0.15) is 6.92 Å². The van der Waals surface area contributed by atoms with Crippen molar-refractivity contribution in [3.63, 3.8) is 0 Å². The Hall–Kier alpha value is -1.92. The van der Waals surface area contributed by atoms with Crippen LogP contribution in [0, 0.1) is 23.7 Å². The van der Waals surface area contributed by atoms with Gasteiger partial charge in [0.1, 0.15) is 0 Å². The largest absolute Gasteiger partial charge is 0.0991 e. The van der Waals surface area contributed by atoms with Crippen LogP contribution in [0.25, 0.3) is 0 Å². The Morgan fingerprint density at radius 3 is 2.23 bits per heavy atom. The zero-order valence-corrected chi connectivity index (χ0v) is 7.75. The first kappa shape index (κ1) is 11.1. The Bertz CT molecular complexity index is 330. The lowest BCUT2D eigenvalue weighted by atomic mass is 10.4. The third-order valence-corrected chi connectivity index (χ3v) is 0.995. The fourth-order valence-electron chi connectivity index (χ4n) is 0.485. The van der Waals surface area contributed by atoms with E-state index < -0.39 is 0 Å². The van der Waals surface area contributed by atoms with Crippen LogP contribution in [-0.2, 0) is 0 Å². The minimum absolute atomic E-state index is 1.71. The van der Waals surface area contributed by atoms with Gasteiger partial charge in [0.15, 0.2) is 0 Å². The molecular formula is C13H12. The lowest BCUT2D eigenvalue weighted by Gasteiger charge is -1.67. The fourth-order valence-corrected chi connectivity index (χ4v) is 0.485. The van der Waals surface area contributed by atoms with Gasteiger partial charge in [-0.25, -0.2) is 0 Å². The van der Waals surface area contributed by atoms with E-state index >= 15 is 0 Å². The van der Waals surface area contributed by atoms with Crippen molar-refractivity contribution in [2.24, 2.45) is 0 Å². The summed E-state index contributed by atoms with van der Waals surface area (Å²) in [5.74, 6) is 10.9. The molecule has 0 spiro atoms. The summed E-state index contributed by atoms with van der Waals surface area (Å²) in [5, 5.41) is 0. The number of allylic oxidation sites excluding steroid dienone is 7. The smallest absolute Gasteiger partial charge is 0.0102 e. The summed E-state index contributed by atoms with van der Waals surface area (Å²) in [5.41, 5.74) is 0. The first-order chi connectivity index (χ1) is 6.41. The van der Waals surface area contributed by atoms with E-state index in [2.05, 4.69) is 30.3 Å². The molecule has 0 fully saturated rings. The first-order valence-corrected chi connectivity index (χ1v) is 3.98. The van der Waals surface area contributed by atoms with Gasteiger partial charge in [-0.05, 0) is 30.9 Å². The van der Waals surface area contributed by atoms with Gasteiger partial charge in [-0.3, -0.25) is 0 Å². The minimum Gasteiger partial charge on any atom is -0.0991 e. The summed E-state index contributed by atoms with van der Waals surface area (Å²) >= 11 is 0. The van der Waals surface area contributed by atoms with Crippen molar-refractivity contribution in [2.75, 3.05) is 0 Å². The van der Waals surface area contributed by atoms with Crippen LogP contribution >= 0.6 is 0 Å². The second-order valence-electron chi connectivity index (χ2n) is 2.02. The number of hydrogen-bond acceptors (Lipinski definition) is 0. The van der Waals surface area contributed by atoms with Crippen LogP contribution in [0.5, 0.6) is 0 Å². The van der Waals surface area contributed by atoms with Gasteiger partial charge >= 0.3 is 0 Å². The summed E-state index contributed by atoms with van der Waals surface area (Å²) in [6.45, 7) is 5.46. The summed E-state index contributed by atoms with van der Waals surface area (Å²) < 4.78 is 0. The normalized spacial score (nSPS) is 9.62. The Morgan fingerprint density at radius 2 is 1.62 bits per heavy atom. The van der Waals surface area contributed by atoms with E-state index in [0.29, 0.717) is 0 Å². The lowest BCUT2D eigenvalue weighted by Crippen LogP contribution is -1.52. The number of rotatable bonds is 2. The molecule has 0 aromatic carbocycles. The molecule has 0 saturated heterocycles. The first-order valence-electron chi connectivity index (χ1n) is 3.98. The predicted octanol–water partition coefficient (Wildman–Crippen LogP) is 2.87. The third kappa shape index (κ3) is 10.1. The summed E-state index contributed by atoms with van der Waals surface area (Å²) in [6.07, 6.45) is 12.6. The van der Waals surface area contributed by atoms with Crippen molar-refractivity contribution in [3.8, 4) is 23.7 Å². The molecule has 0 heterocycles. The van der Waals surface area contributed by atoms with E-state index in [1.165, 1.54) is 0 Å². The van der Waals surface area contributed by atoms with Crippen molar-refractivity contribution in [2.45, 2.75) is 6.92 Å². The second-order valence-corrected chi connectivity index (χ2v) is 2.02. The van der Waals surface area contributed by atoms with Gasteiger partial charge in [0, 0.05) is 0 Å². The average Bonchev–Trinajstić information content (AvgIpc) is 2.16. The molecule has 0 N–H and O–H groups in total. The minimum atomic E-state index is 1.71. The van der Waals surface area contributed by atoms with Crippen LogP contribution in [-0.4, -0.2) is 0 Å². The van der Waals surface area contributed by atoms with E-state index in [9.17, 15) is 0 Å². The summed E-state index contributed by atoms with van der Waals surface area (Å²) in [7, 11) is 0. The van der Waals surface area contributed by atoms with Crippen molar-refractivity contribution in [1.82, 2.24) is 0 Å². The monoisotopic (exact) mass is 168 g/mol. The Labute approximate surface area is 80.4 Å². The predicted molar refractivity (Wildman–Crippen MR) is 58.8 cm³/mol. The molecule has 0 aliphatic heterocycles. The Morgan fingerprint density at radius 1 is 0.923 bits per heavy atom. The molecule has 0 aliphatic carbocycles. The molecule has 0 amide bonds. The standard InChI is InChI=1S/C13H12/c1-3-5-7-9-11-13-12-10-8-6-4-2/h3-7,9,11H,1H2,2H3. The SMILES string of the molecule is C=CC=CC=CC#CC#CC=CC. The van der Waals surface area contributed by atoms with E-state index in [-0.39, 0.29) is 0 Å². The molecule has 0 nitrogen and oxygen atoms in total. The molecule has 0 aliphatic rings. The van der Waals surface area contributed by atoms with E-state index in [4.69, 9.17) is 0 Å².